The zero-order valence-electron chi connectivity index (χ0n) is 13.8. The van der Waals surface area contributed by atoms with Crippen LogP contribution in [0.15, 0.2) is 47.9 Å². The Labute approximate surface area is 143 Å². The first-order chi connectivity index (χ1) is 11.6. The fraction of sp³-hybridized carbons (Fsp3) is 0.529. The van der Waals surface area contributed by atoms with Gasteiger partial charge >= 0.3 is 0 Å². The molecule has 6 nitrogen and oxygen atoms in total. The number of nitrogens with zero attached hydrogens (tertiary/aromatic N) is 4. The molecular weight excluding hydrogens is 324 g/mol. The van der Waals surface area contributed by atoms with E-state index in [1.165, 1.54) is 12.8 Å². The Hall–Kier alpha value is -1.73. The highest BCUT2D eigenvalue weighted by Crippen LogP contribution is 2.19. The number of benzene rings is 1. The lowest BCUT2D eigenvalue weighted by Crippen LogP contribution is -2.43. The van der Waals surface area contributed by atoms with Crippen LogP contribution >= 0.6 is 0 Å². The first-order valence-corrected chi connectivity index (χ1v) is 10.1. The van der Waals surface area contributed by atoms with Crippen LogP contribution in [0.5, 0.6) is 0 Å². The molecule has 2 aromatic rings. The number of piperidine rings is 1. The van der Waals surface area contributed by atoms with Gasteiger partial charge in [0.1, 0.15) is 12.7 Å². The smallest absolute Gasteiger partial charge is 0.178 e. The van der Waals surface area contributed by atoms with Crippen molar-refractivity contribution in [2.75, 3.05) is 18.8 Å². The van der Waals surface area contributed by atoms with Crippen molar-refractivity contribution >= 4 is 9.84 Å². The Bertz CT molecular complexity index is 716. The first kappa shape index (κ1) is 17.1. The summed E-state index contributed by atoms with van der Waals surface area (Å²) in [7, 11) is -3.18. The molecule has 24 heavy (non-hydrogen) atoms. The molecule has 0 saturated carbocycles. The van der Waals surface area contributed by atoms with Crippen LogP contribution in [-0.2, 0) is 16.4 Å². The molecule has 1 aliphatic rings. The van der Waals surface area contributed by atoms with Crippen molar-refractivity contribution < 1.29 is 8.42 Å². The van der Waals surface area contributed by atoms with Crippen molar-refractivity contribution in [3.8, 4) is 0 Å². The van der Waals surface area contributed by atoms with Crippen molar-refractivity contribution in [1.82, 2.24) is 19.7 Å². The lowest BCUT2D eigenvalue weighted by molar-refractivity contribution is 0.130. The quantitative estimate of drug-likeness (QED) is 0.765. The van der Waals surface area contributed by atoms with Crippen molar-refractivity contribution in [1.29, 1.82) is 0 Å². The molecule has 0 amide bonds. The standard InChI is InChI=1S/C17H24N4O2S/c22-24(23,17-8-2-1-3-9-17)12-6-11-20-10-5-4-7-16(20)13-21-15-18-14-19-21/h1-3,8-9,14-16H,4-7,10-13H2/t16-/m1/s1. The van der Waals surface area contributed by atoms with Crippen molar-refractivity contribution in [2.45, 2.75) is 43.2 Å². The van der Waals surface area contributed by atoms with Gasteiger partial charge in [0, 0.05) is 6.04 Å². The summed E-state index contributed by atoms with van der Waals surface area (Å²) in [5, 5.41) is 4.19. The lowest BCUT2D eigenvalue weighted by atomic mass is 10.0. The normalized spacial score (nSPS) is 19.4. The van der Waals surface area contributed by atoms with E-state index in [9.17, 15) is 8.42 Å². The summed E-state index contributed by atoms with van der Waals surface area (Å²) < 4.78 is 26.6. The summed E-state index contributed by atoms with van der Waals surface area (Å²) in [4.78, 5) is 6.82. The average molecular weight is 348 g/mol. The Kier molecular flexibility index (Phi) is 5.63. The van der Waals surface area contributed by atoms with Crippen molar-refractivity contribution in [2.24, 2.45) is 0 Å². The van der Waals surface area contributed by atoms with Gasteiger partial charge in [0.25, 0.3) is 0 Å². The van der Waals surface area contributed by atoms with E-state index in [1.807, 2.05) is 10.7 Å². The van der Waals surface area contributed by atoms with Gasteiger partial charge in [-0.2, -0.15) is 5.10 Å². The highest BCUT2D eigenvalue weighted by atomic mass is 32.2. The van der Waals surface area contributed by atoms with Gasteiger partial charge in [-0.05, 0) is 44.5 Å². The molecular formula is C17H24N4O2S. The summed E-state index contributed by atoms with van der Waals surface area (Å²) in [5.74, 6) is 0.198. The van der Waals surface area contributed by atoms with Crippen molar-refractivity contribution in [3.63, 3.8) is 0 Å². The predicted molar refractivity (Wildman–Crippen MR) is 92.3 cm³/mol. The third-order valence-corrected chi connectivity index (χ3v) is 6.39. The van der Waals surface area contributed by atoms with E-state index in [2.05, 4.69) is 15.0 Å². The zero-order chi connectivity index (χ0) is 16.8. The Morgan fingerprint density at radius 1 is 1.17 bits per heavy atom. The fourth-order valence-electron chi connectivity index (χ4n) is 3.31. The summed E-state index contributed by atoms with van der Waals surface area (Å²) in [6.07, 6.45) is 7.49. The monoisotopic (exact) mass is 348 g/mol. The minimum atomic E-state index is -3.18. The molecule has 1 aliphatic heterocycles. The van der Waals surface area contributed by atoms with Crippen LogP contribution in [0.2, 0.25) is 0 Å². The first-order valence-electron chi connectivity index (χ1n) is 8.49. The van der Waals surface area contributed by atoms with E-state index < -0.39 is 9.84 Å². The number of rotatable bonds is 7. The predicted octanol–water partition coefficient (Wildman–Crippen LogP) is 2.00. The summed E-state index contributed by atoms with van der Waals surface area (Å²) >= 11 is 0. The number of sulfone groups is 1. The highest BCUT2D eigenvalue weighted by Gasteiger charge is 2.23. The van der Waals surface area contributed by atoms with Gasteiger partial charge in [0.2, 0.25) is 0 Å². The topological polar surface area (TPSA) is 68.1 Å². The van der Waals surface area contributed by atoms with E-state index in [1.54, 1.807) is 36.9 Å². The minimum Gasteiger partial charge on any atom is -0.299 e. The fourth-order valence-corrected chi connectivity index (χ4v) is 4.62. The molecule has 0 aliphatic carbocycles. The van der Waals surface area contributed by atoms with Gasteiger partial charge < -0.3 is 0 Å². The molecule has 0 spiro atoms. The van der Waals surface area contributed by atoms with Crippen LogP contribution in [0.4, 0.5) is 0 Å². The molecule has 0 unspecified atom stereocenters. The molecule has 0 N–H and O–H groups in total. The second-order valence-corrected chi connectivity index (χ2v) is 8.40. The zero-order valence-corrected chi connectivity index (χ0v) is 14.6. The van der Waals surface area contributed by atoms with E-state index in [-0.39, 0.29) is 5.75 Å². The maximum Gasteiger partial charge on any atom is 0.178 e. The number of aromatic nitrogens is 3. The molecule has 130 valence electrons. The summed E-state index contributed by atoms with van der Waals surface area (Å²) in [5.41, 5.74) is 0. The lowest BCUT2D eigenvalue weighted by Gasteiger charge is -2.35. The number of hydrogen-bond donors (Lipinski definition) is 0. The van der Waals surface area contributed by atoms with E-state index in [0.29, 0.717) is 17.4 Å². The van der Waals surface area contributed by atoms with Crippen LogP contribution in [0, 0.1) is 0 Å². The van der Waals surface area contributed by atoms with Crippen LogP contribution in [0.1, 0.15) is 25.7 Å². The highest BCUT2D eigenvalue weighted by molar-refractivity contribution is 7.91. The molecule has 1 aromatic heterocycles. The van der Waals surface area contributed by atoms with Gasteiger partial charge in [-0.15, -0.1) is 0 Å². The van der Waals surface area contributed by atoms with Crippen LogP contribution in [0.3, 0.4) is 0 Å². The Morgan fingerprint density at radius 3 is 2.75 bits per heavy atom. The van der Waals surface area contributed by atoms with Gasteiger partial charge in [0.15, 0.2) is 9.84 Å². The molecule has 0 bridgehead atoms. The third-order valence-electron chi connectivity index (χ3n) is 4.57. The van der Waals surface area contributed by atoms with E-state index >= 15 is 0 Å². The van der Waals surface area contributed by atoms with Crippen LogP contribution in [-0.4, -0.2) is 53.0 Å². The van der Waals surface area contributed by atoms with Crippen LogP contribution in [0.25, 0.3) is 0 Å². The van der Waals surface area contributed by atoms with Gasteiger partial charge in [-0.3, -0.25) is 9.58 Å². The number of likely N-dealkylation sites (tertiary alicyclic amines) is 1. The van der Waals surface area contributed by atoms with Crippen molar-refractivity contribution in [3.05, 3.63) is 43.0 Å². The number of hydrogen-bond acceptors (Lipinski definition) is 5. The molecule has 1 fully saturated rings. The van der Waals surface area contributed by atoms with Gasteiger partial charge in [0.05, 0.1) is 17.2 Å². The molecule has 1 saturated heterocycles. The Morgan fingerprint density at radius 2 is 2.00 bits per heavy atom. The average Bonchev–Trinajstić information content (AvgIpc) is 3.10. The van der Waals surface area contributed by atoms with Crippen LogP contribution < -0.4 is 0 Å². The van der Waals surface area contributed by atoms with E-state index in [4.69, 9.17) is 0 Å². The van der Waals surface area contributed by atoms with Gasteiger partial charge in [-0.25, -0.2) is 13.4 Å². The third kappa shape index (κ3) is 4.42. The molecule has 1 atom stereocenters. The molecule has 0 radical (unpaired) electrons. The summed E-state index contributed by atoms with van der Waals surface area (Å²) in [6, 6.07) is 9.13. The second-order valence-electron chi connectivity index (χ2n) is 6.29. The minimum absolute atomic E-state index is 0.198. The largest absolute Gasteiger partial charge is 0.299 e. The molecule has 1 aromatic carbocycles. The maximum atomic E-state index is 12.4. The SMILES string of the molecule is O=S(=O)(CCCN1CCCC[C@@H]1Cn1cncn1)c1ccccc1. The van der Waals surface area contributed by atoms with E-state index in [0.717, 1.165) is 26.1 Å². The molecule has 3 rings (SSSR count). The molecule has 2 heterocycles. The maximum absolute atomic E-state index is 12.4. The van der Waals surface area contributed by atoms with Gasteiger partial charge in [-0.1, -0.05) is 24.6 Å². The second kappa shape index (κ2) is 7.90. The molecule has 7 heteroatoms. The Balaban J connectivity index is 1.54. The summed E-state index contributed by atoms with van der Waals surface area (Å²) in [6.45, 7) is 2.67.